The molecule has 49 heavy (non-hydrogen) atoms. The molecule has 2 saturated carbocycles. The number of nitrogens with one attached hydrogen (secondary N) is 2. The van der Waals surface area contributed by atoms with Crippen molar-refractivity contribution in [1.29, 1.82) is 0 Å². The molecule has 2 aliphatic carbocycles. The van der Waals surface area contributed by atoms with Crippen molar-refractivity contribution in [3.63, 3.8) is 0 Å². The lowest BCUT2D eigenvalue weighted by atomic mass is 9.69. The summed E-state index contributed by atoms with van der Waals surface area (Å²) in [6.45, 7) is 4.48. The van der Waals surface area contributed by atoms with Crippen LogP contribution in [0.3, 0.4) is 0 Å². The van der Waals surface area contributed by atoms with Crippen molar-refractivity contribution in [2.75, 3.05) is 39.3 Å². The lowest BCUT2D eigenvalue weighted by Crippen LogP contribution is -2.49. The number of piperazine rings is 1. The van der Waals surface area contributed by atoms with Crippen molar-refractivity contribution in [3.05, 3.63) is 75.5 Å². The van der Waals surface area contributed by atoms with Crippen LogP contribution in [-0.2, 0) is 11.2 Å². The van der Waals surface area contributed by atoms with Gasteiger partial charge in [0.1, 0.15) is 5.82 Å². The average Bonchev–Trinajstić information content (AvgIpc) is 3.14. The summed E-state index contributed by atoms with van der Waals surface area (Å²) in [5, 5.41) is 11.4. The SMILES string of the molecule is O=C(NCCCCCCN1CCN(C(=O)c2cc(Cc3n[nH]c(=O)c4ccccc34)ccc2F)CC1)C(C1CCCCC1)C1CCCCC1. The van der Waals surface area contributed by atoms with Crippen molar-refractivity contribution in [2.45, 2.75) is 96.3 Å². The average molecular weight is 672 g/mol. The summed E-state index contributed by atoms with van der Waals surface area (Å²) in [5.41, 5.74) is 1.27. The quantitative estimate of drug-likeness (QED) is 0.194. The fourth-order valence-corrected chi connectivity index (χ4v) is 8.63. The second-order valence-electron chi connectivity index (χ2n) is 14.7. The van der Waals surface area contributed by atoms with E-state index in [9.17, 15) is 18.8 Å². The van der Waals surface area contributed by atoms with E-state index in [2.05, 4.69) is 20.4 Å². The predicted molar refractivity (Wildman–Crippen MR) is 192 cm³/mol. The summed E-state index contributed by atoms with van der Waals surface area (Å²) in [7, 11) is 0. The zero-order valence-electron chi connectivity index (χ0n) is 29.1. The van der Waals surface area contributed by atoms with Gasteiger partial charge in [-0.2, -0.15) is 5.10 Å². The van der Waals surface area contributed by atoms with Crippen LogP contribution in [0, 0.1) is 23.6 Å². The number of carbonyl (C=O) groups is 2. The lowest BCUT2D eigenvalue weighted by molar-refractivity contribution is -0.130. The standard InChI is InChI=1S/C40H54FN5O3/c41-35-20-19-29(28-36-32-17-9-10-18-33(32)38(47)44-43-36)27-34(35)40(49)46-25-23-45(24-26-46)22-12-2-1-11-21-42-39(48)37(30-13-5-3-6-14-30)31-15-7-4-8-16-31/h9-10,17-20,27,30-31,37H,1-8,11-16,21-26,28H2,(H,42,48)(H,44,47). The zero-order valence-corrected chi connectivity index (χ0v) is 29.1. The highest BCUT2D eigenvalue weighted by Gasteiger charge is 2.36. The molecule has 0 spiro atoms. The second-order valence-corrected chi connectivity index (χ2v) is 14.7. The molecule has 2 amide bonds. The molecule has 3 fully saturated rings. The van der Waals surface area contributed by atoms with Gasteiger partial charge in [-0.25, -0.2) is 9.49 Å². The number of aromatic amines is 1. The third kappa shape index (κ3) is 9.15. The monoisotopic (exact) mass is 671 g/mol. The number of fused-ring (bicyclic) bond motifs is 1. The number of rotatable bonds is 13. The molecule has 9 heteroatoms. The zero-order chi connectivity index (χ0) is 34.0. The highest BCUT2D eigenvalue weighted by molar-refractivity contribution is 5.95. The number of aromatic nitrogens is 2. The largest absolute Gasteiger partial charge is 0.356 e. The van der Waals surface area contributed by atoms with Crippen LogP contribution in [0.1, 0.15) is 112 Å². The minimum atomic E-state index is -0.523. The van der Waals surface area contributed by atoms with Crippen LogP contribution >= 0.6 is 0 Å². The van der Waals surface area contributed by atoms with Crippen LogP contribution in [0.15, 0.2) is 47.3 Å². The molecule has 2 aromatic carbocycles. The Morgan fingerprint density at radius 1 is 0.837 bits per heavy atom. The maximum absolute atomic E-state index is 14.9. The number of halogens is 1. The fourth-order valence-electron chi connectivity index (χ4n) is 8.63. The summed E-state index contributed by atoms with van der Waals surface area (Å²) in [6.07, 6.45) is 17.5. The third-order valence-corrected chi connectivity index (χ3v) is 11.4. The number of nitrogens with zero attached hydrogens (tertiary/aromatic N) is 3. The van der Waals surface area contributed by atoms with Gasteiger partial charge in [0.05, 0.1) is 16.6 Å². The molecule has 1 aromatic heterocycles. The Labute approximate surface area is 290 Å². The molecule has 0 bridgehead atoms. The molecule has 3 aromatic rings. The topological polar surface area (TPSA) is 98.4 Å². The van der Waals surface area contributed by atoms with E-state index >= 15 is 0 Å². The Kier molecular flexibility index (Phi) is 12.5. The Bertz CT molecular complexity index is 1590. The predicted octanol–water partition coefficient (Wildman–Crippen LogP) is 6.86. The van der Waals surface area contributed by atoms with Crippen molar-refractivity contribution in [1.82, 2.24) is 25.3 Å². The number of hydrogen-bond donors (Lipinski definition) is 2. The minimum Gasteiger partial charge on any atom is -0.356 e. The van der Waals surface area contributed by atoms with Crippen molar-refractivity contribution in [2.24, 2.45) is 17.8 Å². The molecule has 2 N–H and O–H groups in total. The molecule has 0 atom stereocenters. The number of amides is 2. The van der Waals surface area contributed by atoms with Gasteiger partial charge in [0, 0.05) is 50.4 Å². The van der Waals surface area contributed by atoms with Crippen LogP contribution in [-0.4, -0.2) is 71.1 Å². The van der Waals surface area contributed by atoms with Gasteiger partial charge in [-0.3, -0.25) is 19.3 Å². The van der Waals surface area contributed by atoms with Gasteiger partial charge in [-0.15, -0.1) is 0 Å². The molecular weight excluding hydrogens is 617 g/mol. The first-order valence-electron chi connectivity index (χ1n) is 19.0. The van der Waals surface area contributed by atoms with Crippen molar-refractivity contribution < 1.29 is 14.0 Å². The summed E-state index contributed by atoms with van der Waals surface area (Å²) in [5.74, 6) is 0.928. The molecule has 3 aliphatic rings. The van der Waals surface area contributed by atoms with Gasteiger partial charge < -0.3 is 10.2 Å². The summed E-state index contributed by atoms with van der Waals surface area (Å²) < 4.78 is 14.9. The highest BCUT2D eigenvalue weighted by atomic mass is 19.1. The summed E-state index contributed by atoms with van der Waals surface area (Å²) in [4.78, 5) is 43.1. The van der Waals surface area contributed by atoms with E-state index in [0.29, 0.717) is 48.3 Å². The highest BCUT2D eigenvalue weighted by Crippen LogP contribution is 2.40. The van der Waals surface area contributed by atoms with Gasteiger partial charge in [-0.05, 0) is 80.7 Å². The first kappa shape index (κ1) is 35.2. The van der Waals surface area contributed by atoms with Crippen LogP contribution in [0.4, 0.5) is 4.39 Å². The minimum absolute atomic E-state index is 0.0792. The van der Waals surface area contributed by atoms with Crippen molar-refractivity contribution >= 4 is 22.6 Å². The van der Waals surface area contributed by atoms with E-state index in [4.69, 9.17) is 0 Å². The first-order chi connectivity index (χ1) is 24.0. The number of carbonyl (C=O) groups excluding carboxylic acids is 2. The number of benzene rings is 2. The summed E-state index contributed by atoms with van der Waals surface area (Å²) >= 11 is 0. The molecule has 8 nitrogen and oxygen atoms in total. The Balaban J connectivity index is 0.904. The molecule has 1 aliphatic heterocycles. The molecule has 264 valence electrons. The smallest absolute Gasteiger partial charge is 0.272 e. The van der Waals surface area contributed by atoms with Gasteiger partial charge in [0.25, 0.3) is 11.5 Å². The van der Waals surface area contributed by atoms with Crippen LogP contribution in [0.5, 0.6) is 0 Å². The maximum Gasteiger partial charge on any atom is 0.272 e. The molecule has 1 saturated heterocycles. The van der Waals surface area contributed by atoms with Gasteiger partial charge in [0.2, 0.25) is 5.91 Å². The number of H-pyrrole nitrogens is 1. The second kappa shape index (κ2) is 17.4. The molecule has 6 rings (SSSR count). The van der Waals surface area contributed by atoms with Crippen LogP contribution in [0.2, 0.25) is 0 Å². The third-order valence-electron chi connectivity index (χ3n) is 11.4. The molecule has 2 heterocycles. The molecular formula is C40H54FN5O3. The molecule has 0 radical (unpaired) electrons. The number of hydrogen-bond acceptors (Lipinski definition) is 5. The van der Waals surface area contributed by atoms with Gasteiger partial charge >= 0.3 is 0 Å². The van der Waals surface area contributed by atoms with Crippen LogP contribution in [0.25, 0.3) is 10.8 Å². The summed E-state index contributed by atoms with van der Waals surface area (Å²) in [6, 6.07) is 11.9. The normalized spacial score (nSPS) is 18.3. The Morgan fingerprint density at radius 2 is 1.49 bits per heavy atom. The van der Waals surface area contributed by atoms with E-state index < -0.39 is 5.82 Å². The lowest BCUT2D eigenvalue weighted by Gasteiger charge is -2.36. The fraction of sp³-hybridized carbons (Fsp3) is 0.600. The van der Waals surface area contributed by atoms with E-state index in [0.717, 1.165) is 62.8 Å². The first-order valence-corrected chi connectivity index (χ1v) is 19.0. The van der Waals surface area contributed by atoms with Gasteiger partial charge in [-0.1, -0.05) is 75.6 Å². The Morgan fingerprint density at radius 3 is 2.18 bits per heavy atom. The van der Waals surface area contributed by atoms with E-state index in [-0.39, 0.29) is 22.9 Å². The van der Waals surface area contributed by atoms with Crippen molar-refractivity contribution in [3.8, 4) is 0 Å². The maximum atomic E-state index is 14.9. The van der Waals surface area contributed by atoms with E-state index in [1.54, 1.807) is 23.1 Å². The number of unbranched alkanes of at least 4 members (excludes halogenated alkanes) is 3. The van der Waals surface area contributed by atoms with E-state index in [1.165, 1.54) is 70.3 Å². The van der Waals surface area contributed by atoms with Crippen LogP contribution < -0.4 is 10.9 Å². The van der Waals surface area contributed by atoms with E-state index in [1.807, 2.05) is 18.2 Å². The molecule has 0 unspecified atom stereocenters. The van der Waals surface area contributed by atoms with Gasteiger partial charge in [0.15, 0.2) is 0 Å². The Hall–Kier alpha value is -3.59.